The second-order valence-electron chi connectivity index (χ2n) is 9.71. The molecule has 42 heavy (non-hydrogen) atoms. The van der Waals surface area contributed by atoms with Gasteiger partial charge in [0.2, 0.25) is 0 Å². The molecule has 0 bridgehead atoms. The number of aromatic amines is 1. The molecular weight excluding hydrogens is 571 g/mol. The van der Waals surface area contributed by atoms with Crippen molar-refractivity contribution in [2.75, 3.05) is 4.72 Å². The molecule has 0 unspecified atom stereocenters. The summed E-state index contributed by atoms with van der Waals surface area (Å²) >= 11 is 0. The van der Waals surface area contributed by atoms with Crippen LogP contribution in [0.4, 0.5) is 18.9 Å². The van der Waals surface area contributed by atoms with Crippen LogP contribution in [-0.4, -0.2) is 27.5 Å². The molecule has 5 rings (SSSR count). The Morgan fingerprint density at radius 2 is 1.64 bits per heavy atom. The van der Waals surface area contributed by atoms with E-state index >= 15 is 0 Å². The zero-order valence-corrected chi connectivity index (χ0v) is 23.2. The second-order valence-corrected chi connectivity index (χ2v) is 11.4. The van der Waals surface area contributed by atoms with Crippen molar-refractivity contribution in [3.63, 3.8) is 0 Å². The minimum atomic E-state index is -4.16. The number of sulfonamides is 1. The summed E-state index contributed by atoms with van der Waals surface area (Å²) in [6.07, 6.45) is 1.68. The standard InChI is InChI=1S/C29H26F3N5O4S/c1-2-3-14-36-27-26(28(38)37(29(36)39)17-19-6-4-5-7-22(19)30)33-25(34-27)15-18-8-10-20(11-9-18)35-42(40,41)21-12-13-23(31)24(32)16-21/h4-13,16,35H,2-3,14-15,17H2,1H3,(H,33,34). The van der Waals surface area contributed by atoms with Crippen LogP contribution < -0.4 is 16.0 Å². The van der Waals surface area contributed by atoms with Crippen LogP contribution in [0.5, 0.6) is 0 Å². The SMILES string of the molecule is CCCCn1c(=O)n(Cc2ccccc2F)c(=O)c2[nH]c(Cc3ccc(NS(=O)(=O)c4ccc(F)c(F)c4)cc3)nc21. The lowest BCUT2D eigenvalue weighted by Gasteiger charge is -2.11. The number of rotatable bonds is 10. The van der Waals surface area contributed by atoms with Gasteiger partial charge in [0.1, 0.15) is 17.2 Å². The highest BCUT2D eigenvalue weighted by Crippen LogP contribution is 2.20. The van der Waals surface area contributed by atoms with Gasteiger partial charge in [-0.1, -0.05) is 43.7 Å². The van der Waals surface area contributed by atoms with Gasteiger partial charge in [-0.2, -0.15) is 0 Å². The summed E-state index contributed by atoms with van der Waals surface area (Å²) in [5.41, 5.74) is 0.225. The maximum Gasteiger partial charge on any atom is 0.333 e. The van der Waals surface area contributed by atoms with Crippen molar-refractivity contribution in [1.82, 2.24) is 19.1 Å². The molecule has 2 N–H and O–H groups in total. The van der Waals surface area contributed by atoms with Crippen LogP contribution in [0.25, 0.3) is 11.2 Å². The molecule has 0 spiro atoms. The average Bonchev–Trinajstić information content (AvgIpc) is 3.38. The molecule has 13 heteroatoms. The third-order valence-electron chi connectivity index (χ3n) is 6.71. The van der Waals surface area contributed by atoms with Crippen molar-refractivity contribution in [3.05, 3.63) is 122 Å². The summed E-state index contributed by atoms with van der Waals surface area (Å²) in [6.45, 7) is 2.05. The molecule has 0 aliphatic carbocycles. The van der Waals surface area contributed by atoms with E-state index in [0.717, 1.165) is 23.1 Å². The number of halogens is 3. The second kappa shape index (κ2) is 11.7. The third kappa shape index (κ3) is 5.86. The minimum absolute atomic E-state index is 0.118. The number of aryl methyl sites for hydroxylation is 1. The Morgan fingerprint density at radius 3 is 2.33 bits per heavy atom. The molecule has 0 atom stereocenters. The first-order valence-electron chi connectivity index (χ1n) is 13.1. The monoisotopic (exact) mass is 597 g/mol. The Labute approximate surface area is 238 Å². The first-order chi connectivity index (χ1) is 20.1. The number of hydrogen-bond donors (Lipinski definition) is 2. The maximum atomic E-state index is 14.3. The van der Waals surface area contributed by atoms with Gasteiger partial charge in [0.15, 0.2) is 17.3 Å². The number of nitrogens with one attached hydrogen (secondary N) is 2. The summed E-state index contributed by atoms with van der Waals surface area (Å²) in [7, 11) is -4.16. The molecule has 0 radical (unpaired) electrons. The third-order valence-corrected chi connectivity index (χ3v) is 8.09. The molecule has 5 aromatic rings. The van der Waals surface area contributed by atoms with E-state index in [-0.39, 0.29) is 35.4 Å². The Bertz CT molecular complexity index is 2000. The fraction of sp³-hybridized carbons (Fsp3) is 0.207. The Kier molecular flexibility index (Phi) is 8.03. The van der Waals surface area contributed by atoms with Crippen molar-refractivity contribution in [1.29, 1.82) is 0 Å². The molecule has 0 saturated carbocycles. The van der Waals surface area contributed by atoms with Crippen LogP contribution in [0.15, 0.2) is 81.2 Å². The van der Waals surface area contributed by atoms with Gasteiger partial charge in [-0.3, -0.25) is 18.7 Å². The van der Waals surface area contributed by atoms with E-state index < -0.39 is 43.6 Å². The number of unbranched alkanes of at least 4 members (excludes halogenated alkanes) is 1. The van der Waals surface area contributed by atoms with Crippen LogP contribution in [0, 0.1) is 17.5 Å². The molecule has 2 heterocycles. The highest BCUT2D eigenvalue weighted by molar-refractivity contribution is 7.92. The zero-order chi connectivity index (χ0) is 30.0. The molecule has 0 amide bonds. The lowest BCUT2D eigenvalue weighted by Crippen LogP contribution is -2.40. The summed E-state index contributed by atoms with van der Waals surface area (Å²) < 4.78 is 70.9. The Morgan fingerprint density at radius 1 is 0.905 bits per heavy atom. The topological polar surface area (TPSA) is 119 Å². The number of anilines is 1. The van der Waals surface area contributed by atoms with Gasteiger partial charge in [-0.15, -0.1) is 0 Å². The molecule has 9 nitrogen and oxygen atoms in total. The maximum absolute atomic E-state index is 14.3. The molecule has 3 aromatic carbocycles. The Hall–Kier alpha value is -4.65. The zero-order valence-electron chi connectivity index (χ0n) is 22.4. The summed E-state index contributed by atoms with van der Waals surface area (Å²) in [5.74, 6) is -2.57. The van der Waals surface area contributed by atoms with Crippen LogP contribution in [0.3, 0.4) is 0 Å². The van der Waals surface area contributed by atoms with E-state index in [1.54, 1.807) is 18.2 Å². The van der Waals surface area contributed by atoms with E-state index in [0.29, 0.717) is 30.4 Å². The van der Waals surface area contributed by atoms with Gasteiger partial charge in [-0.25, -0.2) is 31.4 Å². The lowest BCUT2D eigenvalue weighted by molar-refractivity contribution is 0.504. The first kappa shape index (κ1) is 28.9. The van der Waals surface area contributed by atoms with Gasteiger partial charge < -0.3 is 4.98 Å². The van der Waals surface area contributed by atoms with E-state index in [2.05, 4.69) is 14.7 Å². The van der Waals surface area contributed by atoms with Crippen LogP contribution in [0.2, 0.25) is 0 Å². The molecule has 0 aliphatic rings. The smallest absolute Gasteiger partial charge is 0.333 e. The van der Waals surface area contributed by atoms with Crippen LogP contribution in [-0.2, 0) is 29.5 Å². The van der Waals surface area contributed by atoms with E-state index in [1.165, 1.54) is 34.9 Å². The van der Waals surface area contributed by atoms with Gasteiger partial charge in [-0.05, 0) is 48.4 Å². The predicted octanol–water partition coefficient (Wildman–Crippen LogP) is 4.54. The van der Waals surface area contributed by atoms with Crippen LogP contribution in [0.1, 0.15) is 36.7 Å². The number of H-pyrrole nitrogens is 1. The van der Waals surface area contributed by atoms with Crippen molar-refractivity contribution < 1.29 is 21.6 Å². The van der Waals surface area contributed by atoms with Crippen molar-refractivity contribution in [2.24, 2.45) is 0 Å². The normalized spacial score (nSPS) is 11.7. The first-order valence-corrected chi connectivity index (χ1v) is 14.6. The largest absolute Gasteiger partial charge is 0.336 e. The van der Waals surface area contributed by atoms with Gasteiger partial charge in [0.05, 0.1) is 11.4 Å². The Balaban J connectivity index is 1.43. The van der Waals surface area contributed by atoms with Crippen molar-refractivity contribution >= 4 is 26.9 Å². The number of benzene rings is 3. The van der Waals surface area contributed by atoms with Crippen molar-refractivity contribution in [2.45, 2.75) is 44.2 Å². The van der Waals surface area contributed by atoms with Crippen LogP contribution >= 0.6 is 0 Å². The lowest BCUT2D eigenvalue weighted by atomic mass is 10.1. The fourth-order valence-corrected chi connectivity index (χ4v) is 5.56. The van der Waals surface area contributed by atoms with E-state index in [4.69, 9.17) is 0 Å². The quantitative estimate of drug-likeness (QED) is 0.245. The highest BCUT2D eigenvalue weighted by Gasteiger charge is 2.19. The number of hydrogen-bond acceptors (Lipinski definition) is 5. The van der Waals surface area contributed by atoms with E-state index in [9.17, 15) is 31.2 Å². The van der Waals surface area contributed by atoms with Gasteiger partial charge in [0, 0.05) is 24.2 Å². The minimum Gasteiger partial charge on any atom is -0.336 e. The number of imidazole rings is 1. The molecule has 218 valence electrons. The fourth-order valence-electron chi connectivity index (χ4n) is 4.49. The molecule has 2 aromatic heterocycles. The molecule has 0 aliphatic heterocycles. The predicted molar refractivity (Wildman–Crippen MR) is 151 cm³/mol. The summed E-state index contributed by atoms with van der Waals surface area (Å²) in [6, 6.07) is 14.5. The summed E-state index contributed by atoms with van der Waals surface area (Å²) in [5, 5.41) is 0. The van der Waals surface area contributed by atoms with Crippen molar-refractivity contribution in [3.8, 4) is 0 Å². The average molecular weight is 598 g/mol. The van der Waals surface area contributed by atoms with E-state index in [1.807, 2.05) is 6.92 Å². The molecular formula is C29H26F3N5O4S. The molecule has 0 saturated heterocycles. The number of aromatic nitrogens is 4. The molecule has 0 fully saturated rings. The van der Waals surface area contributed by atoms with Gasteiger partial charge >= 0.3 is 5.69 Å². The summed E-state index contributed by atoms with van der Waals surface area (Å²) in [4.78, 5) is 33.8. The number of fused-ring (bicyclic) bond motifs is 1. The van der Waals surface area contributed by atoms with Gasteiger partial charge in [0.25, 0.3) is 15.6 Å². The highest BCUT2D eigenvalue weighted by atomic mass is 32.2. The number of nitrogens with zero attached hydrogens (tertiary/aromatic N) is 3.